The van der Waals surface area contributed by atoms with E-state index in [1.165, 1.54) is 18.2 Å². The number of carbonyl (C=O) groups is 1. The number of primary amides is 1. The van der Waals surface area contributed by atoms with Crippen molar-refractivity contribution >= 4 is 5.91 Å². The van der Waals surface area contributed by atoms with E-state index in [4.69, 9.17) is 10.5 Å². The highest BCUT2D eigenvalue weighted by molar-refractivity contribution is 5.93. The summed E-state index contributed by atoms with van der Waals surface area (Å²) < 4.78 is 49.4. The van der Waals surface area contributed by atoms with Crippen LogP contribution in [0.5, 0.6) is 5.75 Å². The second-order valence-corrected chi connectivity index (χ2v) is 7.56. The molecule has 0 unspecified atom stereocenters. The quantitative estimate of drug-likeness (QED) is 0.645. The van der Waals surface area contributed by atoms with Gasteiger partial charge in [0.2, 0.25) is 5.91 Å². The molecule has 0 atom stereocenters. The van der Waals surface area contributed by atoms with Crippen LogP contribution in [-0.4, -0.2) is 20.7 Å². The van der Waals surface area contributed by atoms with Crippen molar-refractivity contribution in [2.75, 3.05) is 0 Å². The lowest BCUT2D eigenvalue weighted by atomic mass is 10.1. The number of hydrogen-bond acceptors (Lipinski definition) is 4. The summed E-state index contributed by atoms with van der Waals surface area (Å²) in [6, 6.07) is 6.62. The van der Waals surface area contributed by atoms with Gasteiger partial charge < -0.3 is 15.0 Å². The molecule has 1 heterocycles. The van der Waals surface area contributed by atoms with Crippen LogP contribution in [0.1, 0.15) is 49.9 Å². The lowest BCUT2D eigenvalue weighted by Crippen LogP contribution is -2.31. The molecular formula is C21H21F3N4O2. The number of nitrogens with two attached hydrogens (primary N) is 1. The summed E-state index contributed by atoms with van der Waals surface area (Å²) in [7, 11) is 0. The number of benzene rings is 2. The molecule has 158 valence electrons. The molecule has 0 bridgehead atoms. The number of ether oxygens (including phenoxy) is 1. The summed E-state index contributed by atoms with van der Waals surface area (Å²) in [4.78, 5) is 11.3. The topological polar surface area (TPSA) is 83.0 Å². The first-order valence-corrected chi connectivity index (χ1v) is 9.20. The predicted molar refractivity (Wildman–Crippen MR) is 104 cm³/mol. The minimum atomic E-state index is -1.18. The first-order chi connectivity index (χ1) is 14.0. The molecule has 0 aliphatic carbocycles. The normalized spacial score (nSPS) is 11.7. The molecule has 6 nitrogen and oxygen atoms in total. The van der Waals surface area contributed by atoms with Crippen LogP contribution in [0.15, 0.2) is 36.4 Å². The van der Waals surface area contributed by atoms with E-state index < -0.39 is 29.0 Å². The molecule has 1 aromatic heterocycles. The number of amides is 1. The van der Waals surface area contributed by atoms with Gasteiger partial charge in [-0.1, -0.05) is 0 Å². The maximum Gasteiger partial charge on any atom is 0.248 e. The first kappa shape index (κ1) is 21.4. The molecule has 0 saturated carbocycles. The zero-order valence-corrected chi connectivity index (χ0v) is 16.9. The molecule has 2 N–H and O–H groups in total. The fraction of sp³-hybridized carbons (Fsp3) is 0.286. The Morgan fingerprint density at radius 2 is 1.77 bits per heavy atom. The van der Waals surface area contributed by atoms with Crippen LogP contribution in [0.25, 0.3) is 11.4 Å². The van der Waals surface area contributed by atoms with Gasteiger partial charge in [-0.2, -0.15) is 0 Å². The summed E-state index contributed by atoms with van der Waals surface area (Å²) in [5, 5.41) is 8.27. The fourth-order valence-electron chi connectivity index (χ4n) is 3.10. The third-order valence-electron chi connectivity index (χ3n) is 4.50. The number of carbonyl (C=O) groups excluding carboxylic acids is 1. The van der Waals surface area contributed by atoms with Gasteiger partial charge in [-0.05, 0) is 58.0 Å². The maximum absolute atomic E-state index is 14.7. The van der Waals surface area contributed by atoms with Crippen LogP contribution in [0.4, 0.5) is 13.2 Å². The highest BCUT2D eigenvalue weighted by Crippen LogP contribution is 2.33. The minimum absolute atomic E-state index is 0.0301. The molecular weight excluding hydrogens is 397 g/mol. The molecule has 30 heavy (non-hydrogen) atoms. The zero-order chi connectivity index (χ0) is 22.2. The number of hydrogen-bond donors (Lipinski definition) is 1. The Morgan fingerprint density at radius 1 is 1.07 bits per heavy atom. The van der Waals surface area contributed by atoms with Crippen molar-refractivity contribution < 1.29 is 22.7 Å². The SMILES string of the molecule is CC(C)n1c(-c2ccc(C(N)=O)cc2F)nnc1C(C)(C)Oc1ccc(F)cc1F. The number of aromatic nitrogens is 3. The van der Waals surface area contributed by atoms with E-state index in [-0.39, 0.29) is 28.7 Å². The molecule has 2 aromatic carbocycles. The Labute approximate surface area is 171 Å². The van der Waals surface area contributed by atoms with Crippen LogP contribution in [-0.2, 0) is 5.60 Å². The van der Waals surface area contributed by atoms with E-state index in [0.29, 0.717) is 5.82 Å². The van der Waals surface area contributed by atoms with Gasteiger partial charge in [-0.15, -0.1) is 10.2 Å². The summed E-state index contributed by atoms with van der Waals surface area (Å²) >= 11 is 0. The van der Waals surface area contributed by atoms with Crippen molar-refractivity contribution in [2.24, 2.45) is 5.73 Å². The Bertz CT molecular complexity index is 1110. The minimum Gasteiger partial charge on any atom is -0.477 e. The second-order valence-electron chi connectivity index (χ2n) is 7.56. The van der Waals surface area contributed by atoms with Gasteiger partial charge in [-0.3, -0.25) is 4.79 Å². The average molecular weight is 418 g/mol. The molecule has 0 radical (unpaired) electrons. The van der Waals surface area contributed by atoms with E-state index in [1.807, 2.05) is 13.8 Å². The lowest BCUT2D eigenvalue weighted by molar-refractivity contribution is 0.0869. The Balaban J connectivity index is 2.07. The van der Waals surface area contributed by atoms with E-state index in [1.54, 1.807) is 18.4 Å². The van der Waals surface area contributed by atoms with E-state index >= 15 is 0 Å². The van der Waals surface area contributed by atoms with Gasteiger partial charge in [0, 0.05) is 17.7 Å². The van der Waals surface area contributed by atoms with Gasteiger partial charge in [0.25, 0.3) is 0 Å². The number of nitrogens with zero attached hydrogens (tertiary/aromatic N) is 3. The van der Waals surface area contributed by atoms with Crippen molar-refractivity contribution in [3.63, 3.8) is 0 Å². The van der Waals surface area contributed by atoms with Gasteiger partial charge >= 0.3 is 0 Å². The molecule has 0 saturated heterocycles. The molecule has 9 heteroatoms. The summed E-state index contributed by atoms with van der Waals surface area (Å²) in [6.07, 6.45) is 0. The Kier molecular flexibility index (Phi) is 5.56. The predicted octanol–water partition coefficient (Wildman–Crippen LogP) is 4.36. The number of halogens is 3. The van der Waals surface area contributed by atoms with Gasteiger partial charge in [0.1, 0.15) is 11.6 Å². The highest BCUT2D eigenvalue weighted by Gasteiger charge is 2.33. The fourth-order valence-corrected chi connectivity index (χ4v) is 3.10. The molecule has 0 spiro atoms. The van der Waals surface area contributed by atoms with E-state index in [0.717, 1.165) is 18.2 Å². The molecule has 3 aromatic rings. The molecule has 0 aliphatic rings. The third kappa shape index (κ3) is 4.00. The van der Waals surface area contributed by atoms with Crippen molar-refractivity contribution in [3.8, 4) is 17.1 Å². The van der Waals surface area contributed by atoms with E-state index in [2.05, 4.69) is 10.2 Å². The van der Waals surface area contributed by atoms with Gasteiger partial charge in [0.15, 0.2) is 28.8 Å². The summed E-state index contributed by atoms with van der Waals surface area (Å²) in [6.45, 7) is 6.99. The monoisotopic (exact) mass is 418 g/mol. The van der Waals surface area contributed by atoms with Crippen molar-refractivity contribution in [2.45, 2.75) is 39.3 Å². The summed E-state index contributed by atoms with van der Waals surface area (Å²) in [5.74, 6) is -2.64. The average Bonchev–Trinajstić information content (AvgIpc) is 3.10. The van der Waals surface area contributed by atoms with Gasteiger partial charge in [-0.25, -0.2) is 13.2 Å². The van der Waals surface area contributed by atoms with Crippen molar-refractivity contribution in [1.29, 1.82) is 0 Å². The van der Waals surface area contributed by atoms with Crippen LogP contribution in [0, 0.1) is 17.5 Å². The van der Waals surface area contributed by atoms with Crippen molar-refractivity contribution in [1.82, 2.24) is 14.8 Å². The third-order valence-corrected chi connectivity index (χ3v) is 4.50. The smallest absolute Gasteiger partial charge is 0.248 e. The van der Waals surface area contributed by atoms with Gasteiger partial charge in [0.05, 0.1) is 5.56 Å². The van der Waals surface area contributed by atoms with E-state index in [9.17, 15) is 18.0 Å². The molecule has 1 amide bonds. The second kappa shape index (κ2) is 7.81. The van der Waals surface area contributed by atoms with Crippen LogP contribution >= 0.6 is 0 Å². The lowest BCUT2D eigenvalue weighted by Gasteiger charge is -2.28. The molecule has 0 fully saturated rings. The summed E-state index contributed by atoms with van der Waals surface area (Å²) in [5.41, 5.74) is 4.17. The molecule has 3 rings (SSSR count). The van der Waals surface area contributed by atoms with Crippen LogP contribution in [0.2, 0.25) is 0 Å². The molecule has 0 aliphatic heterocycles. The largest absolute Gasteiger partial charge is 0.477 e. The van der Waals surface area contributed by atoms with Crippen LogP contribution in [0.3, 0.4) is 0 Å². The first-order valence-electron chi connectivity index (χ1n) is 9.20. The maximum atomic E-state index is 14.7. The van der Waals surface area contributed by atoms with Crippen LogP contribution < -0.4 is 10.5 Å². The standard InChI is InChI=1S/C21H21F3N4O2/c1-11(2)28-19(14-7-5-12(18(25)29)9-15(14)23)26-27-20(28)21(3,4)30-17-8-6-13(22)10-16(17)24/h5-11H,1-4H3,(H2,25,29). The van der Waals surface area contributed by atoms with Crippen molar-refractivity contribution in [3.05, 3.63) is 65.2 Å². The number of rotatable bonds is 6. The zero-order valence-electron chi connectivity index (χ0n) is 16.9. The Morgan fingerprint density at radius 3 is 2.33 bits per heavy atom. The highest BCUT2D eigenvalue weighted by atomic mass is 19.1. The Hall–Kier alpha value is -3.36.